The van der Waals surface area contributed by atoms with E-state index in [1.54, 1.807) is 29.9 Å². The first-order chi connectivity index (χ1) is 8.40. The SMILES string of the molecule is CCCn1cnc(-n2cnnc2)c2ncnc1-2. The highest BCUT2D eigenvalue weighted by Gasteiger charge is 2.17. The third kappa shape index (κ3) is 1.55. The fourth-order valence-electron chi connectivity index (χ4n) is 1.77. The fourth-order valence-corrected chi connectivity index (χ4v) is 1.77. The van der Waals surface area contributed by atoms with Crippen molar-refractivity contribution in [2.24, 2.45) is 0 Å². The molecule has 0 radical (unpaired) electrons. The van der Waals surface area contributed by atoms with Gasteiger partial charge in [-0.1, -0.05) is 6.92 Å². The van der Waals surface area contributed by atoms with Gasteiger partial charge in [0.1, 0.15) is 19.0 Å². The summed E-state index contributed by atoms with van der Waals surface area (Å²) in [4.78, 5) is 12.9. The van der Waals surface area contributed by atoms with E-state index in [-0.39, 0.29) is 0 Å². The van der Waals surface area contributed by atoms with Crippen molar-refractivity contribution in [3.63, 3.8) is 0 Å². The molecule has 7 nitrogen and oxygen atoms in total. The van der Waals surface area contributed by atoms with Crippen LogP contribution >= 0.6 is 0 Å². The summed E-state index contributed by atoms with van der Waals surface area (Å²) in [6.45, 7) is 2.99. The third-order valence-corrected chi connectivity index (χ3v) is 2.51. The second kappa shape index (κ2) is 3.93. The molecule has 0 aliphatic carbocycles. The predicted molar refractivity (Wildman–Crippen MR) is 59.6 cm³/mol. The van der Waals surface area contributed by atoms with Gasteiger partial charge in [0.15, 0.2) is 17.3 Å². The minimum Gasteiger partial charge on any atom is -0.315 e. The van der Waals surface area contributed by atoms with E-state index >= 15 is 0 Å². The van der Waals surface area contributed by atoms with Gasteiger partial charge in [-0.25, -0.2) is 15.0 Å². The quantitative estimate of drug-likeness (QED) is 0.663. The lowest BCUT2D eigenvalue weighted by Gasteiger charge is -2.11. The molecule has 0 atom stereocenters. The minimum atomic E-state index is 0.704. The molecule has 2 aliphatic rings. The molecular formula is C10H11N7. The molecule has 0 saturated carbocycles. The summed E-state index contributed by atoms with van der Waals surface area (Å²) < 4.78 is 3.73. The number of hydrogen-bond acceptors (Lipinski definition) is 5. The molecule has 0 fully saturated rings. The van der Waals surface area contributed by atoms with E-state index < -0.39 is 0 Å². The topological polar surface area (TPSA) is 74.3 Å². The van der Waals surface area contributed by atoms with Crippen molar-refractivity contribution in [3.05, 3.63) is 25.3 Å². The van der Waals surface area contributed by atoms with E-state index in [2.05, 4.69) is 32.1 Å². The van der Waals surface area contributed by atoms with Crippen molar-refractivity contribution in [3.8, 4) is 17.3 Å². The standard InChI is InChI=1S/C10H11N7/c1-2-3-16-5-13-10(17-6-14-15-7-17)8-9(16)12-4-11-8/h4-7H,2-3H2,1H3. The second-order valence-corrected chi connectivity index (χ2v) is 3.68. The monoisotopic (exact) mass is 229 g/mol. The number of imidazole rings is 1. The predicted octanol–water partition coefficient (Wildman–Crippen LogP) is 0.769. The lowest BCUT2D eigenvalue weighted by atomic mass is 10.3. The van der Waals surface area contributed by atoms with Crippen LogP contribution in [-0.2, 0) is 6.54 Å². The highest BCUT2D eigenvalue weighted by atomic mass is 15.3. The van der Waals surface area contributed by atoms with E-state index in [9.17, 15) is 0 Å². The van der Waals surface area contributed by atoms with E-state index in [1.807, 2.05) is 4.57 Å². The highest BCUT2D eigenvalue weighted by molar-refractivity contribution is 5.60. The summed E-state index contributed by atoms with van der Waals surface area (Å²) in [5.74, 6) is 1.54. The molecule has 7 heteroatoms. The summed E-state index contributed by atoms with van der Waals surface area (Å²) in [6, 6.07) is 0. The van der Waals surface area contributed by atoms with Crippen molar-refractivity contribution in [1.82, 2.24) is 34.3 Å². The zero-order valence-corrected chi connectivity index (χ0v) is 9.35. The van der Waals surface area contributed by atoms with Crippen molar-refractivity contribution in [1.29, 1.82) is 0 Å². The number of hydrogen-bond donors (Lipinski definition) is 0. The summed E-state index contributed by atoms with van der Waals surface area (Å²) in [5, 5.41) is 7.53. The van der Waals surface area contributed by atoms with E-state index in [0.717, 1.165) is 24.5 Å². The highest BCUT2D eigenvalue weighted by Crippen LogP contribution is 2.22. The normalized spacial score (nSPS) is 11.1. The Morgan fingerprint density at radius 2 is 1.88 bits per heavy atom. The molecule has 1 aromatic rings. The average Bonchev–Trinajstić information content (AvgIpc) is 3.00. The van der Waals surface area contributed by atoms with Gasteiger partial charge < -0.3 is 4.57 Å². The van der Waals surface area contributed by atoms with Crippen molar-refractivity contribution in [2.75, 3.05) is 0 Å². The van der Waals surface area contributed by atoms with Gasteiger partial charge in [-0.15, -0.1) is 10.2 Å². The smallest absolute Gasteiger partial charge is 0.170 e. The molecule has 0 bridgehead atoms. The number of aromatic nitrogens is 7. The van der Waals surface area contributed by atoms with Crippen LogP contribution in [0.3, 0.4) is 0 Å². The van der Waals surface area contributed by atoms with E-state index in [1.165, 1.54) is 0 Å². The summed E-state index contributed by atoms with van der Waals surface area (Å²) >= 11 is 0. The first-order valence-corrected chi connectivity index (χ1v) is 5.41. The van der Waals surface area contributed by atoms with Crippen LogP contribution in [0.4, 0.5) is 0 Å². The van der Waals surface area contributed by atoms with Gasteiger partial charge in [0.2, 0.25) is 0 Å². The fraction of sp³-hybridized carbons (Fsp3) is 0.300. The largest absolute Gasteiger partial charge is 0.315 e. The van der Waals surface area contributed by atoms with Crippen molar-refractivity contribution < 1.29 is 0 Å². The molecule has 86 valence electrons. The molecule has 1 aromatic heterocycles. The first-order valence-electron chi connectivity index (χ1n) is 5.41. The Morgan fingerprint density at radius 1 is 1.06 bits per heavy atom. The summed E-state index contributed by atoms with van der Waals surface area (Å²) in [5.41, 5.74) is 0.765. The maximum Gasteiger partial charge on any atom is 0.170 e. The van der Waals surface area contributed by atoms with Crippen LogP contribution < -0.4 is 0 Å². The number of rotatable bonds is 3. The van der Waals surface area contributed by atoms with Crippen LogP contribution in [0.2, 0.25) is 0 Å². The van der Waals surface area contributed by atoms with Crippen molar-refractivity contribution in [2.45, 2.75) is 19.9 Å². The van der Waals surface area contributed by atoms with Gasteiger partial charge in [0, 0.05) is 6.54 Å². The maximum absolute atomic E-state index is 4.38. The maximum atomic E-state index is 4.38. The lowest BCUT2D eigenvalue weighted by molar-refractivity contribution is 0.656. The minimum absolute atomic E-state index is 0.704. The van der Waals surface area contributed by atoms with Crippen LogP contribution in [0, 0.1) is 0 Å². The summed E-state index contributed by atoms with van der Waals surface area (Å²) in [7, 11) is 0. The first kappa shape index (κ1) is 9.88. The molecule has 3 rings (SSSR count). The molecule has 2 aliphatic heterocycles. The third-order valence-electron chi connectivity index (χ3n) is 2.51. The Labute approximate surface area is 97.5 Å². The Balaban J connectivity index is 2.16. The Morgan fingerprint density at radius 3 is 2.65 bits per heavy atom. The van der Waals surface area contributed by atoms with Gasteiger partial charge in [-0.3, -0.25) is 4.57 Å². The van der Waals surface area contributed by atoms with Crippen LogP contribution in [0.5, 0.6) is 0 Å². The van der Waals surface area contributed by atoms with Gasteiger partial charge in [0.25, 0.3) is 0 Å². The van der Waals surface area contributed by atoms with E-state index in [0.29, 0.717) is 5.82 Å². The van der Waals surface area contributed by atoms with Crippen molar-refractivity contribution >= 4 is 0 Å². The summed E-state index contributed by atoms with van der Waals surface area (Å²) in [6.07, 6.45) is 7.55. The molecule has 0 aromatic carbocycles. The van der Waals surface area contributed by atoms with Gasteiger partial charge in [0.05, 0.1) is 6.33 Å². The van der Waals surface area contributed by atoms with E-state index in [4.69, 9.17) is 0 Å². The number of aryl methyl sites for hydroxylation is 1. The Hall–Kier alpha value is -2.31. The molecule has 0 N–H and O–H groups in total. The Kier molecular flexibility index (Phi) is 2.28. The second-order valence-electron chi connectivity index (χ2n) is 3.68. The molecule has 0 spiro atoms. The van der Waals surface area contributed by atoms with Crippen LogP contribution in [-0.4, -0.2) is 34.3 Å². The molecule has 0 unspecified atom stereocenters. The lowest BCUT2D eigenvalue weighted by Crippen LogP contribution is -2.09. The molecule has 17 heavy (non-hydrogen) atoms. The van der Waals surface area contributed by atoms with Crippen LogP contribution in [0.15, 0.2) is 25.3 Å². The molecular weight excluding hydrogens is 218 g/mol. The van der Waals surface area contributed by atoms with Gasteiger partial charge in [-0.2, -0.15) is 0 Å². The average molecular weight is 229 g/mol. The zero-order valence-electron chi connectivity index (χ0n) is 9.35. The zero-order chi connectivity index (χ0) is 11.7. The molecule has 0 amide bonds. The molecule has 3 heterocycles. The number of nitrogens with zero attached hydrogens (tertiary/aromatic N) is 7. The number of fused-ring (bicyclic) bond motifs is 1. The Bertz CT molecular complexity index is 583. The van der Waals surface area contributed by atoms with Crippen LogP contribution in [0.1, 0.15) is 13.3 Å². The van der Waals surface area contributed by atoms with Crippen LogP contribution in [0.25, 0.3) is 17.3 Å². The molecule has 0 saturated heterocycles. The van der Waals surface area contributed by atoms with Gasteiger partial charge >= 0.3 is 0 Å². The van der Waals surface area contributed by atoms with Gasteiger partial charge in [-0.05, 0) is 6.42 Å².